The van der Waals surface area contributed by atoms with Gasteiger partial charge in [-0.05, 0) is 31.2 Å². The normalized spacial score (nSPS) is 11.3. The third kappa shape index (κ3) is 3.28. The Kier molecular flexibility index (Phi) is 4.55. The van der Waals surface area contributed by atoms with Gasteiger partial charge in [0.1, 0.15) is 0 Å². The molecule has 0 aliphatic rings. The molecule has 0 radical (unpaired) electrons. The van der Waals surface area contributed by atoms with E-state index in [0.717, 1.165) is 33.9 Å². The fraction of sp³-hybridized carbons (Fsp3) is 0.0345. The maximum absolute atomic E-state index is 5.05. The van der Waals surface area contributed by atoms with Crippen LogP contribution in [0, 0.1) is 6.92 Å². The lowest BCUT2D eigenvalue weighted by Gasteiger charge is -2.10. The Labute approximate surface area is 190 Å². The van der Waals surface area contributed by atoms with Gasteiger partial charge in [-0.3, -0.25) is 0 Å². The highest BCUT2D eigenvalue weighted by Crippen LogP contribution is 2.40. The van der Waals surface area contributed by atoms with E-state index < -0.39 is 0 Å². The van der Waals surface area contributed by atoms with Crippen molar-refractivity contribution in [3.05, 3.63) is 109 Å². The molecule has 0 N–H and O–H groups in total. The van der Waals surface area contributed by atoms with Crippen molar-refractivity contribution >= 4 is 31.5 Å². The van der Waals surface area contributed by atoms with Gasteiger partial charge in [0.2, 0.25) is 0 Å². The van der Waals surface area contributed by atoms with E-state index in [1.807, 2.05) is 35.6 Å². The first kappa shape index (κ1) is 18.9. The Morgan fingerprint density at radius 2 is 1.31 bits per heavy atom. The van der Waals surface area contributed by atoms with Crippen LogP contribution in [0.25, 0.3) is 54.1 Å². The van der Waals surface area contributed by atoms with E-state index in [1.165, 1.54) is 25.7 Å². The average Bonchev–Trinajstić information content (AvgIpc) is 3.23. The van der Waals surface area contributed by atoms with E-state index in [9.17, 15) is 0 Å². The summed E-state index contributed by atoms with van der Waals surface area (Å²) in [4.78, 5) is 9.99. The molecule has 0 saturated heterocycles. The second-order valence-corrected chi connectivity index (χ2v) is 9.06. The number of hydrogen-bond donors (Lipinski definition) is 0. The molecule has 0 atom stereocenters. The SMILES string of the molecule is Cc1ccc2sc3cccc(-c4cc(-c5ccccc5)nc(-c5ccccc5)n4)c3c2c1. The lowest BCUT2D eigenvalue weighted by atomic mass is 10.0. The maximum Gasteiger partial charge on any atom is 0.160 e. The second-order valence-electron chi connectivity index (χ2n) is 7.97. The molecule has 0 spiro atoms. The summed E-state index contributed by atoms with van der Waals surface area (Å²) < 4.78 is 2.59. The molecule has 2 nitrogen and oxygen atoms in total. The fourth-order valence-electron chi connectivity index (χ4n) is 4.21. The van der Waals surface area contributed by atoms with Gasteiger partial charge in [-0.1, -0.05) is 84.4 Å². The minimum atomic E-state index is 0.745. The predicted molar refractivity (Wildman–Crippen MR) is 136 cm³/mol. The molecule has 0 aliphatic carbocycles. The van der Waals surface area contributed by atoms with Crippen LogP contribution in [0.5, 0.6) is 0 Å². The number of nitrogens with zero attached hydrogens (tertiary/aromatic N) is 2. The molecule has 6 rings (SSSR count). The van der Waals surface area contributed by atoms with Crippen molar-refractivity contribution in [3.8, 4) is 33.9 Å². The van der Waals surface area contributed by atoms with Crippen LogP contribution in [-0.2, 0) is 0 Å². The zero-order chi connectivity index (χ0) is 21.5. The van der Waals surface area contributed by atoms with Crippen LogP contribution in [0.3, 0.4) is 0 Å². The number of thiophene rings is 1. The molecule has 0 saturated carbocycles. The smallest absolute Gasteiger partial charge is 0.160 e. The number of benzene rings is 4. The number of hydrogen-bond acceptors (Lipinski definition) is 3. The van der Waals surface area contributed by atoms with Crippen LogP contribution in [0.1, 0.15) is 5.56 Å². The van der Waals surface area contributed by atoms with Gasteiger partial charge < -0.3 is 0 Å². The first-order chi connectivity index (χ1) is 15.8. The molecule has 6 aromatic rings. The number of rotatable bonds is 3. The van der Waals surface area contributed by atoms with Gasteiger partial charge in [-0.15, -0.1) is 11.3 Å². The average molecular weight is 429 g/mol. The highest BCUT2D eigenvalue weighted by Gasteiger charge is 2.15. The Hall–Kier alpha value is -3.82. The molecule has 0 bridgehead atoms. The van der Waals surface area contributed by atoms with Crippen molar-refractivity contribution in [1.82, 2.24) is 9.97 Å². The topological polar surface area (TPSA) is 25.8 Å². The zero-order valence-corrected chi connectivity index (χ0v) is 18.4. The van der Waals surface area contributed by atoms with E-state index >= 15 is 0 Å². The first-order valence-electron chi connectivity index (χ1n) is 10.7. The van der Waals surface area contributed by atoms with Crippen molar-refractivity contribution in [2.45, 2.75) is 6.92 Å². The van der Waals surface area contributed by atoms with Crippen molar-refractivity contribution in [2.24, 2.45) is 0 Å². The second kappa shape index (κ2) is 7.70. The van der Waals surface area contributed by atoms with Crippen molar-refractivity contribution in [1.29, 1.82) is 0 Å². The summed E-state index contributed by atoms with van der Waals surface area (Å²) in [5.41, 5.74) is 6.41. The first-order valence-corrected chi connectivity index (χ1v) is 11.5. The van der Waals surface area contributed by atoms with Crippen molar-refractivity contribution in [3.63, 3.8) is 0 Å². The minimum Gasteiger partial charge on any atom is -0.228 e. The molecule has 4 aromatic carbocycles. The largest absolute Gasteiger partial charge is 0.228 e. The van der Waals surface area contributed by atoms with Gasteiger partial charge in [0.15, 0.2) is 5.82 Å². The monoisotopic (exact) mass is 428 g/mol. The Morgan fingerprint density at radius 3 is 2.09 bits per heavy atom. The third-order valence-corrected chi connectivity index (χ3v) is 6.89. The highest BCUT2D eigenvalue weighted by molar-refractivity contribution is 7.25. The van der Waals surface area contributed by atoms with Gasteiger partial charge in [0.25, 0.3) is 0 Å². The standard InChI is InChI=1S/C29H20N2S/c1-19-15-16-26-23(17-19)28-22(13-8-14-27(28)32-26)25-18-24(20-9-4-2-5-10-20)30-29(31-25)21-11-6-3-7-12-21/h2-18H,1H3. The fourth-order valence-corrected chi connectivity index (χ4v) is 5.32. The van der Waals surface area contributed by atoms with Crippen LogP contribution in [-0.4, -0.2) is 9.97 Å². The van der Waals surface area contributed by atoms with E-state index in [1.54, 1.807) is 0 Å². The van der Waals surface area contributed by atoms with Gasteiger partial charge >= 0.3 is 0 Å². The predicted octanol–water partition coefficient (Wildman–Crippen LogP) is 8.15. The lowest BCUT2D eigenvalue weighted by Crippen LogP contribution is -1.96. The number of fused-ring (bicyclic) bond motifs is 3. The molecular formula is C29H20N2S. The molecule has 0 fully saturated rings. The molecule has 2 heterocycles. The molecule has 0 unspecified atom stereocenters. The lowest BCUT2D eigenvalue weighted by molar-refractivity contribution is 1.19. The Balaban J connectivity index is 1.66. The van der Waals surface area contributed by atoms with Gasteiger partial charge in [-0.2, -0.15) is 0 Å². The zero-order valence-electron chi connectivity index (χ0n) is 17.6. The summed E-state index contributed by atoms with van der Waals surface area (Å²) in [7, 11) is 0. The van der Waals surface area contributed by atoms with Gasteiger partial charge in [0.05, 0.1) is 11.4 Å². The summed E-state index contributed by atoms with van der Waals surface area (Å²) in [6, 6.07) is 35.9. The highest BCUT2D eigenvalue weighted by atomic mass is 32.1. The van der Waals surface area contributed by atoms with E-state index in [2.05, 4.69) is 85.8 Å². The maximum atomic E-state index is 5.05. The summed E-state index contributed by atoms with van der Waals surface area (Å²) in [6.07, 6.45) is 0. The molecule has 32 heavy (non-hydrogen) atoms. The summed E-state index contributed by atoms with van der Waals surface area (Å²) >= 11 is 1.84. The van der Waals surface area contributed by atoms with Crippen LogP contribution < -0.4 is 0 Å². The molecule has 0 aliphatic heterocycles. The van der Waals surface area contributed by atoms with Gasteiger partial charge in [-0.25, -0.2) is 9.97 Å². The van der Waals surface area contributed by atoms with Gasteiger partial charge in [0, 0.05) is 36.9 Å². The van der Waals surface area contributed by atoms with E-state index in [4.69, 9.17) is 9.97 Å². The summed E-state index contributed by atoms with van der Waals surface area (Å²) in [5.74, 6) is 0.745. The molecule has 3 heteroatoms. The Bertz CT molecular complexity index is 1510. The number of aromatic nitrogens is 2. The van der Waals surface area contributed by atoms with Crippen LogP contribution in [0.2, 0.25) is 0 Å². The molecular weight excluding hydrogens is 408 g/mol. The van der Waals surface area contributed by atoms with Crippen LogP contribution >= 0.6 is 11.3 Å². The minimum absolute atomic E-state index is 0.745. The quantitative estimate of drug-likeness (QED) is 0.284. The van der Waals surface area contributed by atoms with E-state index in [0.29, 0.717) is 0 Å². The molecule has 152 valence electrons. The molecule has 0 amide bonds. The number of aryl methyl sites for hydroxylation is 1. The Morgan fingerprint density at radius 1 is 0.594 bits per heavy atom. The van der Waals surface area contributed by atoms with E-state index in [-0.39, 0.29) is 0 Å². The van der Waals surface area contributed by atoms with Crippen molar-refractivity contribution < 1.29 is 0 Å². The van der Waals surface area contributed by atoms with Crippen molar-refractivity contribution in [2.75, 3.05) is 0 Å². The molecule has 2 aromatic heterocycles. The van der Waals surface area contributed by atoms with Crippen LogP contribution in [0.15, 0.2) is 103 Å². The summed E-state index contributed by atoms with van der Waals surface area (Å²) in [6.45, 7) is 2.15. The van der Waals surface area contributed by atoms with Crippen LogP contribution in [0.4, 0.5) is 0 Å². The summed E-state index contributed by atoms with van der Waals surface area (Å²) in [5, 5.41) is 2.56. The third-order valence-electron chi connectivity index (χ3n) is 5.75.